The number of benzene rings is 1. The topological polar surface area (TPSA) is 44.8 Å². The van der Waals surface area contributed by atoms with Gasteiger partial charge >= 0.3 is 0 Å². The molecule has 0 fully saturated rings. The molecule has 0 saturated carbocycles. The van der Waals surface area contributed by atoms with Crippen LogP contribution in [0.4, 0.5) is 0 Å². The van der Waals surface area contributed by atoms with Crippen LogP contribution < -0.4 is 5.30 Å². The molecule has 0 heterocycles. The lowest BCUT2D eigenvalue weighted by Crippen LogP contribution is -2.22. The molecule has 0 aromatic heterocycles. The minimum atomic E-state index is -3.11. The second-order valence-corrected chi connectivity index (χ2v) is 5.39. The third kappa shape index (κ3) is 2.47. The molecule has 0 N–H and O–H groups in total. The summed E-state index contributed by atoms with van der Waals surface area (Å²) in [5.74, 6) is 0. The summed E-state index contributed by atoms with van der Waals surface area (Å²) in [5, 5.41) is 0.584. The van der Waals surface area contributed by atoms with Gasteiger partial charge in [-0.15, -0.1) is 0 Å². The molecule has 0 bridgehead atoms. The first-order valence-electron chi connectivity index (χ1n) is 4.45. The molecule has 0 aliphatic heterocycles. The van der Waals surface area contributed by atoms with Gasteiger partial charge in [-0.2, -0.15) is 0 Å². The predicted molar refractivity (Wildman–Crippen MR) is 58.5 cm³/mol. The SMILES string of the molecule is COC(OC)P(=O)(OC)c1ccccc1. The predicted octanol–water partition coefficient (Wildman–Crippen LogP) is 1.81. The van der Waals surface area contributed by atoms with Gasteiger partial charge in [-0.1, -0.05) is 18.2 Å². The van der Waals surface area contributed by atoms with Crippen LogP contribution in [0.2, 0.25) is 0 Å². The van der Waals surface area contributed by atoms with Gasteiger partial charge in [-0.05, 0) is 12.1 Å². The maximum absolute atomic E-state index is 12.5. The van der Waals surface area contributed by atoms with Crippen LogP contribution in [0.1, 0.15) is 0 Å². The molecular weight excluding hydrogens is 215 g/mol. The van der Waals surface area contributed by atoms with Crippen LogP contribution in [0.5, 0.6) is 0 Å². The fraction of sp³-hybridized carbons (Fsp3) is 0.400. The Morgan fingerprint density at radius 1 is 1.07 bits per heavy atom. The average Bonchev–Trinajstić information content (AvgIpc) is 2.31. The third-order valence-electron chi connectivity index (χ3n) is 2.07. The summed E-state index contributed by atoms with van der Waals surface area (Å²) in [6.07, 6.45) is 0. The van der Waals surface area contributed by atoms with Crippen molar-refractivity contribution in [3.8, 4) is 0 Å². The molecule has 1 unspecified atom stereocenters. The van der Waals surface area contributed by atoms with Gasteiger partial charge in [-0.25, -0.2) is 0 Å². The Labute approximate surface area is 89.6 Å². The molecule has 0 aliphatic rings. The maximum atomic E-state index is 12.5. The zero-order chi connectivity index (χ0) is 11.3. The molecule has 84 valence electrons. The second kappa shape index (κ2) is 5.42. The Balaban J connectivity index is 3.10. The van der Waals surface area contributed by atoms with Gasteiger partial charge in [-0.3, -0.25) is 4.57 Å². The summed E-state index contributed by atoms with van der Waals surface area (Å²) in [5.41, 5.74) is 0. The first-order chi connectivity index (χ1) is 7.19. The van der Waals surface area contributed by atoms with Crippen LogP contribution in [0, 0.1) is 0 Å². The minimum absolute atomic E-state index is 0.584. The first-order valence-corrected chi connectivity index (χ1v) is 6.15. The van der Waals surface area contributed by atoms with Gasteiger partial charge in [0.15, 0.2) is 0 Å². The Bertz CT molecular complexity index is 335. The molecule has 0 spiro atoms. The van der Waals surface area contributed by atoms with Gasteiger partial charge in [0.05, 0.1) is 0 Å². The maximum Gasteiger partial charge on any atom is 0.286 e. The van der Waals surface area contributed by atoms with Crippen LogP contribution >= 0.6 is 7.37 Å². The number of hydrogen-bond acceptors (Lipinski definition) is 4. The van der Waals surface area contributed by atoms with Crippen LogP contribution in [0.15, 0.2) is 30.3 Å². The Hall–Kier alpha value is -0.670. The first kappa shape index (κ1) is 12.4. The largest absolute Gasteiger partial charge is 0.347 e. The molecule has 15 heavy (non-hydrogen) atoms. The summed E-state index contributed by atoms with van der Waals surface area (Å²) < 4.78 is 27.5. The summed E-state index contributed by atoms with van der Waals surface area (Å²) in [7, 11) is 1.15. The van der Waals surface area contributed by atoms with Crippen LogP contribution in [0.25, 0.3) is 0 Å². The van der Waals surface area contributed by atoms with Crippen molar-refractivity contribution >= 4 is 12.7 Å². The normalized spacial score (nSPS) is 15.2. The minimum Gasteiger partial charge on any atom is -0.347 e. The lowest BCUT2D eigenvalue weighted by molar-refractivity contribution is -0.0493. The van der Waals surface area contributed by atoms with Gasteiger partial charge in [0, 0.05) is 26.6 Å². The van der Waals surface area contributed by atoms with E-state index in [1.165, 1.54) is 21.3 Å². The van der Waals surface area contributed by atoms with Crippen LogP contribution in [0.3, 0.4) is 0 Å². The smallest absolute Gasteiger partial charge is 0.286 e. The van der Waals surface area contributed by atoms with Gasteiger partial charge < -0.3 is 14.0 Å². The van der Waals surface area contributed by atoms with E-state index in [9.17, 15) is 4.57 Å². The van der Waals surface area contributed by atoms with Crippen molar-refractivity contribution in [2.75, 3.05) is 21.3 Å². The van der Waals surface area contributed by atoms with E-state index < -0.39 is 13.4 Å². The molecule has 1 atom stereocenters. The van der Waals surface area contributed by atoms with Gasteiger partial charge in [0.1, 0.15) is 0 Å². The lowest BCUT2D eigenvalue weighted by atomic mass is 10.4. The van der Waals surface area contributed by atoms with Crippen LogP contribution in [-0.4, -0.2) is 27.4 Å². The van der Waals surface area contributed by atoms with Crippen molar-refractivity contribution in [1.29, 1.82) is 0 Å². The number of rotatable bonds is 5. The van der Waals surface area contributed by atoms with Crippen molar-refractivity contribution in [1.82, 2.24) is 0 Å². The molecule has 0 amide bonds. The van der Waals surface area contributed by atoms with Crippen molar-refractivity contribution in [2.24, 2.45) is 0 Å². The average molecular weight is 230 g/mol. The van der Waals surface area contributed by atoms with E-state index in [4.69, 9.17) is 14.0 Å². The van der Waals surface area contributed by atoms with Crippen molar-refractivity contribution in [2.45, 2.75) is 6.03 Å². The summed E-state index contributed by atoms with van der Waals surface area (Å²) in [6.45, 7) is 0. The third-order valence-corrected chi connectivity index (χ3v) is 4.61. The van der Waals surface area contributed by atoms with Crippen molar-refractivity contribution < 1.29 is 18.6 Å². The van der Waals surface area contributed by atoms with Crippen LogP contribution in [-0.2, 0) is 18.6 Å². The van der Waals surface area contributed by atoms with E-state index in [0.29, 0.717) is 5.30 Å². The van der Waals surface area contributed by atoms with E-state index in [2.05, 4.69) is 0 Å². The molecule has 4 nitrogen and oxygen atoms in total. The fourth-order valence-electron chi connectivity index (χ4n) is 1.32. The van der Waals surface area contributed by atoms with E-state index >= 15 is 0 Å². The second-order valence-electron chi connectivity index (χ2n) is 2.89. The zero-order valence-electron chi connectivity index (χ0n) is 9.04. The molecule has 0 aliphatic carbocycles. The Kier molecular flexibility index (Phi) is 4.48. The molecule has 1 aromatic carbocycles. The molecule has 1 rings (SSSR count). The highest BCUT2D eigenvalue weighted by atomic mass is 31.2. The highest BCUT2D eigenvalue weighted by molar-refractivity contribution is 7.67. The molecule has 0 radical (unpaired) electrons. The molecule has 0 saturated heterocycles. The van der Waals surface area contributed by atoms with Crippen molar-refractivity contribution in [3.05, 3.63) is 30.3 Å². The van der Waals surface area contributed by atoms with E-state index in [1.54, 1.807) is 24.3 Å². The highest BCUT2D eigenvalue weighted by Gasteiger charge is 2.35. The number of ether oxygens (including phenoxy) is 2. The lowest BCUT2D eigenvalue weighted by Gasteiger charge is -2.23. The summed E-state index contributed by atoms with van der Waals surface area (Å²) in [6, 6.07) is 8.03. The van der Waals surface area contributed by atoms with E-state index in [0.717, 1.165) is 0 Å². The molecule has 1 aromatic rings. The van der Waals surface area contributed by atoms with Gasteiger partial charge in [0.25, 0.3) is 7.37 Å². The zero-order valence-corrected chi connectivity index (χ0v) is 9.94. The summed E-state index contributed by atoms with van der Waals surface area (Å²) >= 11 is 0. The number of methoxy groups -OCH3 is 2. The monoisotopic (exact) mass is 230 g/mol. The highest BCUT2D eigenvalue weighted by Crippen LogP contribution is 2.50. The molecule has 5 heteroatoms. The molecular formula is C10H15O4P. The van der Waals surface area contributed by atoms with Gasteiger partial charge in [0.2, 0.25) is 6.03 Å². The Morgan fingerprint density at radius 3 is 2.00 bits per heavy atom. The Morgan fingerprint density at radius 2 is 1.60 bits per heavy atom. The van der Waals surface area contributed by atoms with Crippen molar-refractivity contribution in [3.63, 3.8) is 0 Å². The van der Waals surface area contributed by atoms with E-state index in [1.807, 2.05) is 6.07 Å². The fourth-order valence-corrected chi connectivity index (χ4v) is 3.09. The standard InChI is InChI=1S/C10H15O4P/c1-12-10(13-2)15(11,14-3)9-7-5-4-6-8-9/h4-8,10H,1-3H3. The quantitative estimate of drug-likeness (QED) is 0.571. The van der Waals surface area contributed by atoms with E-state index in [-0.39, 0.29) is 0 Å². The summed E-state index contributed by atoms with van der Waals surface area (Å²) in [4.78, 5) is 0. The number of hydrogen-bond donors (Lipinski definition) is 0.